The van der Waals surface area contributed by atoms with E-state index in [1.807, 2.05) is 48.5 Å². The summed E-state index contributed by atoms with van der Waals surface area (Å²) in [6.45, 7) is 34.9. The molecule has 360 valence electrons. The SMILES string of the molecule is C.CCCC(C)CC(C)(C)CC.Cc1ccc(C)c(C)c1.Cc1ccc(C)cc1.Cc1ccc(Cc2ccc(C)cc2)cc1.Cc1ccc(Oc2ccc(C)cc2)cc1.Cc1cccc(C)c1. The van der Waals surface area contributed by atoms with Gasteiger partial charge in [-0.05, 0) is 147 Å². The van der Waals surface area contributed by atoms with Crippen LogP contribution in [0.25, 0.3) is 0 Å². The van der Waals surface area contributed by atoms with Crippen LogP contribution in [0, 0.1) is 87.5 Å². The molecule has 0 fully saturated rings. The van der Waals surface area contributed by atoms with Gasteiger partial charge in [-0.1, -0.05) is 251 Å². The molecule has 0 heterocycles. The van der Waals surface area contributed by atoms with Crippen molar-refractivity contribution >= 4 is 0 Å². The van der Waals surface area contributed by atoms with Gasteiger partial charge in [0.25, 0.3) is 0 Å². The number of aryl methyl sites for hydroxylation is 11. The predicted molar refractivity (Wildman–Crippen MR) is 300 cm³/mol. The summed E-state index contributed by atoms with van der Waals surface area (Å²) in [6, 6.07) is 57.0. The fourth-order valence-electron chi connectivity index (χ4n) is 7.01. The van der Waals surface area contributed by atoms with Gasteiger partial charge in [0.05, 0.1) is 0 Å². The molecule has 7 rings (SSSR count). The van der Waals surface area contributed by atoms with Gasteiger partial charge in [-0.2, -0.15) is 0 Å². The summed E-state index contributed by atoms with van der Waals surface area (Å²) in [6.07, 6.45) is 6.45. The van der Waals surface area contributed by atoms with Gasteiger partial charge >= 0.3 is 0 Å². The first-order valence-electron chi connectivity index (χ1n) is 24.3. The fourth-order valence-corrected chi connectivity index (χ4v) is 7.01. The van der Waals surface area contributed by atoms with E-state index >= 15 is 0 Å². The molecule has 7 aromatic carbocycles. The van der Waals surface area contributed by atoms with Crippen molar-refractivity contribution in [3.8, 4) is 11.5 Å². The van der Waals surface area contributed by atoms with Crippen LogP contribution in [-0.4, -0.2) is 0 Å². The van der Waals surface area contributed by atoms with E-state index in [2.05, 4.69) is 226 Å². The highest BCUT2D eigenvalue weighted by molar-refractivity contribution is 5.34. The molecule has 0 bridgehead atoms. The molecule has 7 aromatic rings. The van der Waals surface area contributed by atoms with Crippen molar-refractivity contribution in [3.05, 3.63) is 236 Å². The zero-order valence-corrected chi connectivity index (χ0v) is 44.1. The Morgan fingerprint density at radius 3 is 1.03 bits per heavy atom. The molecule has 0 amide bonds. The lowest BCUT2D eigenvalue weighted by Crippen LogP contribution is -2.14. The minimum atomic E-state index is 0. The first kappa shape index (κ1) is 59.4. The normalized spacial score (nSPS) is 10.5. The van der Waals surface area contributed by atoms with E-state index in [4.69, 9.17) is 4.74 Å². The lowest BCUT2D eigenvalue weighted by atomic mass is 9.80. The zero-order valence-electron chi connectivity index (χ0n) is 44.1. The summed E-state index contributed by atoms with van der Waals surface area (Å²) in [4.78, 5) is 0. The van der Waals surface area contributed by atoms with E-state index in [-0.39, 0.29) is 7.43 Å². The number of rotatable bonds is 9. The van der Waals surface area contributed by atoms with Crippen molar-refractivity contribution in [2.45, 2.75) is 150 Å². The number of hydrogen-bond acceptors (Lipinski definition) is 1. The van der Waals surface area contributed by atoms with Crippen molar-refractivity contribution in [1.82, 2.24) is 0 Å². The van der Waals surface area contributed by atoms with Gasteiger partial charge in [-0.3, -0.25) is 0 Å². The van der Waals surface area contributed by atoms with E-state index in [0.29, 0.717) is 5.41 Å². The summed E-state index contributed by atoms with van der Waals surface area (Å²) >= 11 is 0. The van der Waals surface area contributed by atoms with E-state index in [1.165, 1.54) is 98.0 Å². The third kappa shape index (κ3) is 27.5. The Hall–Kier alpha value is -5.66. The van der Waals surface area contributed by atoms with Gasteiger partial charge in [0.1, 0.15) is 11.5 Å². The molecule has 0 saturated heterocycles. The molecule has 0 saturated carbocycles. The van der Waals surface area contributed by atoms with Crippen LogP contribution in [0.15, 0.2) is 164 Å². The molecular weight excluding hydrogens is 809 g/mol. The number of ether oxygens (including phenoxy) is 1. The van der Waals surface area contributed by atoms with Crippen LogP contribution in [0.1, 0.15) is 140 Å². The van der Waals surface area contributed by atoms with E-state index in [9.17, 15) is 0 Å². The highest BCUT2D eigenvalue weighted by Crippen LogP contribution is 2.30. The molecule has 1 nitrogen and oxygen atoms in total. The van der Waals surface area contributed by atoms with Gasteiger partial charge in [-0.25, -0.2) is 0 Å². The average Bonchev–Trinajstić information content (AvgIpc) is 3.27. The van der Waals surface area contributed by atoms with Crippen molar-refractivity contribution in [3.63, 3.8) is 0 Å². The predicted octanol–water partition coefficient (Wildman–Crippen LogP) is 20.1. The number of hydrogen-bond donors (Lipinski definition) is 0. The monoisotopic (exact) mass is 899 g/mol. The molecule has 0 N–H and O–H groups in total. The standard InChI is InChI=1S/C15H16.C14H14O.C11H24.C9H12.2C8H10.CH4/c1-12-3-7-14(8-4-12)11-15-9-5-13(2)6-10-15;1-11-3-7-13(8-4-11)15-14-9-5-12(2)6-10-14;1-6-8-10(3)9-11(4,5)7-2;1-7-4-5-8(2)9(3)6-7;1-7-3-5-8(2)6-4-7;1-7-4-3-5-8(2)6-7;/h3-10H,11H2,1-2H3;3-10H,1-2H3;10H,6-9H2,1-5H3;4-6H,1-3H3;2*3-6H,1-2H3;1H4. The third-order valence-corrected chi connectivity index (χ3v) is 11.6. The van der Waals surface area contributed by atoms with Crippen molar-refractivity contribution in [1.29, 1.82) is 0 Å². The van der Waals surface area contributed by atoms with Gasteiger partial charge in [0.15, 0.2) is 0 Å². The van der Waals surface area contributed by atoms with Crippen LogP contribution < -0.4 is 4.74 Å². The van der Waals surface area contributed by atoms with Crippen molar-refractivity contribution < 1.29 is 4.74 Å². The smallest absolute Gasteiger partial charge is 0.127 e. The number of benzene rings is 7. The minimum Gasteiger partial charge on any atom is -0.457 e. The Balaban J connectivity index is 0.000000409. The summed E-state index contributed by atoms with van der Waals surface area (Å²) < 4.78 is 5.69. The quantitative estimate of drug-likeness (QED) is 0.140. The summed E-state index contributed by atoms with van der Waals surface area (Å²) in [5.41, 5.74) is 17.9. The molecule has 1 unspecified atom stereocenters. The zero-order chi connectivity index (χ0) is 49.1. The van der Waals surface area contributed by atoms with Gasteiger partial charge < -0.3 is 4.74 Å². The molecule has 0 aromatic heterocycles. The molecule has 1 heteroatoms. The topological polar surface area (TPSA) is 9.23 Å². The van der Waals surface area contributed by atoms with Gasteiger partial charge in [-0.15, -0.1) is 0 Å². The van der Waals surface area contributed by atoms with Crippen LogP contribution in [0.5, 0.6) is 11.5 Å². The van der Waals surface area contributed by atoms with Gasteiger partial charge in [0.2, 0.25) is 0 Å². The second-order valence-electron chi connectivity index (χ2n) is 19.4. The Labute approximate surface area is 412 Å². The fraction of sp³-hybridized carbons (Fsp3) is 0.364. The molecule has 67 heavy (non-hydrogen) atoms. The minimum absolute atomic E-state index is 0. The maximum absolute atomic E-state index is 5.69. The van der Waals surface area contributed by atoms with Crippen LogP contribution in [0.4, 0.5) is 0 Å². The first-order valence-corrected chi connectivity index (χ1v) is 24.3. The van der Waals surface area contributed by atoms with Crippen LogP contribution in [0.2, 0.25) is 0 Å². The maximum Gasteiger partial charge on any atom is 0.127 e. The lowest BCUT2D eigenvalue weighted by Gasteiger charge is -2.26. The van der Waals surface area contributed by atoms with E-state index in [1.54, 1.807) is 0 Å². The molecule has 1 atom stereocenters. The second-order valence-corrected chi connectivity index (χ2v) is 19.4. The van der Waals surface area contributed by atoms with Gasteiger partial charge in [0, 0.05) is 0 Å². The Morgan fingerprint density at radius 2 is 0.731 bits per heavy atom. The van der Waals surface area contributed by atoms with Crippen molar-refractivity contribution in [2.75, 3.05) is 0 Å². The Morgan fingerprint density at radius 1 is 0.403 bits per heavy atom. The summed E-state index contributed by atoms with van der Waals surface area (Å²) in [5.74, 6) is 2.67. The molecule has 0 spiro atoms. The van der Waals surface area contributed by atoms with Crippen molar-refractivity contribution in [2.24, 2.45) is 11.3 Å². The first-order chi connectivity index (χ1) is 31.3. The van der Waals surface area contributed by atoms with E-state index < -0.39 is 0 Å². The molecule has 0 radical (unpaired) electrons. The van der Waals surface area contributed by atoms with Crippen LogP contribution in [0.3, 0.4) is 0 Å². The largest absolute Gasteiger partial charge is 0.457 e. The van der Waals surface area contributed by atoms with Crippen LogP contribution in [-0.2, 0) is 6.42 Å². The Kier molecular flexibility index (Phi) is 28.5. The summed E-state index contributed by atoms with van der Waals surface area (Å²) in [5, 5.41) is 0. The third-order valence-electron chi connectivity index (χ3n) is 11.6. The lowest BCUT2D eigenvalue weighted by molar-refractivity contribution is 0.258. The molecule has 0 aliphatic heterocycles. The second kappa shape index (κ2) is 32.1. The molecular formula is C66H90O. The molecule has 0 aliphatic carbocycles. The molecule has 0 aliphatic rings. The maximum atomic E-state index is 5.69. The Bertz CT molecular complexity index is 2110. The highest BCUT2D eigenvalue weighted by atomic mass is 16.5. The van der Waals surface area contributed by atoms with Crippen LogP contribution >= 0.6 is 0 Å². The van der Waals surface area contributed by atoms with E-state index in [0.717, 1.165) is 23.8 Å². The highest BCUT2D eigenvalue weighted by Gasteiger charge is 2.17. The average molecular weight is 899 g/mol. The summed E-state index contributed by atoms with van der Waals surface area (Å²) in [7, 11) is 0.